The summed E-state index contributed by atoms with van der Waals surface area (Å²) in [7, 11) is 0. The largest absolute Gasteiger partial charge is 0.508 e. The van der Waals surface area contributed by atoms with Crippen molar-refractivity contribution in [3.05, 3.63) is 29.3 Å². The van der Waals surface area contributed by atoms with Crippen LogP contribution in [-0.2, 0) is 5.54 Å². The summed E-state index contributed by atoms with van der Waals surface area (Å²) in [4.78, 5) is 0. The van der Waals surface area contributed by atoms with Crippen LogP contribution in [0.2, 0.25) is 0 Å². The molecule has 1 aromatic carbocycles. The Bertz CT molecular complexity index is 356. The van der Waals surface area contributed by atoms with Gasteiger partial charge in [0, 0.05) is 5.54 Å². The van der Waals surface area contributed by atoms with Crippen molar-refractivity contribution in [2.24, 2.45) is 5.73 Å². The molecule has 2 rings (SSSR count). The van der Waals surface area contributed by atoms with Crippen LogP contribution in [-0.4, -0.2) is 16.3 Å². The summed E-state index contributed by atoms with van der Waals surface area (Å²) in [5, 5.41) is 18.8. The maximum Gasteiger partial charge on any atom is 0.118 e. The number of hydrogen-bond acceptors (Lipinski definition) is 3. The molecule has 1 aliphatic carbocycles. The summed E-state index contributed by atoms with van der Waals surface area (Å²) >= 11 is 0. The molecule has 0 amide bonds. The second-order valence-electron chi connectivity index (χ2n) is 4.22. The van der Waals surface area contributed by atoms with E-state index in [-0.39, 0.29) is 11.9 Å². The molecular weight excluding hydrogens is 178 g/mol. The van der Waals surface area contributed by atoms with Gasteiger partial charge in [0.25, 0.3) is 0 Å². The molecule has 76 valence electrons. The van der Waals surface area contributed by atoms with Crippen LogP contribution in [0.15, 0.2) is 18.2 Å². The van der Waals surface area contributed by atoms with Crippen molar-refractivity contribution in [3.8, 4) is 5.75 Å². The lowest BCUT2D eigenvalue weighted by molar-refractivity contribution is 0.0208. The first-order chi connectivity index (χ1) is 6.51. The quantitative estimate of drug-likeness (QED) is 0.623. The number of aliphatic hydroxyl groups is 1. The Morgan fingerprint density at radius 3 is 2.57 bits per heavy atom. The highest BCUT2D eigenvalue weighted by Crippen LogP contribution is 2.40. The first kappa shape index (κ1) is 9.49. The molecule has 0 atom stereocenters. The van der Waals surface area contributed by atoms with E-state index in [1.165, 1.54) is 0 Å². The topological polar surface area (TPSA) is 66.5 Å². The van der Waals surface area contributed by atoms with Crippen LogP contribution >= 0.6 is 0 Å². The minimum absolute atomic E-state index is 0.272. The second-order valence-corrected chi connectivity index (χ2v) is 4.22. The van der Waals surface area contributed by atoms with Crippen molar-refractivity contribution in [2.75, 3.05) is 0 Å². The lowest BCUT2D eigenvalue weighted by Crippen LogP contribution is -2.51. The maximum atomic E-state index is 9.53. The van der Waals surface area contributed by atoms with Gasteiger partial charge in [0.1, 0.15) is 5.75 Å². The molecule has 0 spiro atoms. The van der Waals surface area contributed by atoms with Crippen molar-refractivity contribution in [1.82, 2.24) is 0 Å². The number of rotatable bonds is 1. The molecule has 0 unspecified atom stereocenters. The molecule has 1 aromatic rings. The summed E-state index contributed by atoms with van der Waals surface area (Å²) in [6.07, 6.45) is 0.869. The molecule has 0 saturated heterocycles. The third kappa shape index (κ3) is 1.38. The Kier molecular flexibility index (Phi) is 2.01. The standard InChI is InChI=1S/C11H15NO2/c1-7-2-3-8(4-10(7)14)11(12)5-9(13)6-11/h2-4,9,13-14H,5-6,12H2,1H3. The number of nitrogens with two attached hydrogens (primary N) is 1. The molecule has 1 aliphatic rings. The Labute approximate surface area is 83.2 Å². The van der Waals surface area contributed by atoms with Crippen molar-refractivity contribution in [3.63, 3.8) is 0 Å². The van der Waals surface area contributed by atoms with Gasteiger partial charge in [-0.15, -0.1) is 0 Å². The second kappa shape index (κ2) is 2.97. The number of phenols is 1. The molecule has 3 nitrogen and oxygen atoms in total. The van der Waals surface area contributed by atoms with Crippen LogP contribution in [0.1, 0.15) is 24.0 Å². The first-order valence-electron chi connectivity index (χ1n) is 4.78. The van der Waals surface area contributed by atoms with Crippen molar-refractivity contribution in [1.29, 1.82) is 0 Å². The van der Waals surface area contributed by atoms with Gasteiger partial charge in [-0.05, 0) is 37.0 Å². The molecular formula is C11H15NO2. The van der Waals surface area contributed by atoms with Gasteiger partial charge in [-0.25, -0.2) is 0 Å². The average Bonchev–Trinajstić information content (AvgIpc) is 2.07. The third-order valence-corrected chi connectivity index (χ3v) is 2.98. The zero-order valence-electron chi connectivity index (χ0n) is 8.20. The molecule has 1 saturated carbocycles. The molecule has 0 heterocycles. The molecule has 0 aromatic heterocycles. The monoisotopic (exact) mass is 193 g/mol. The average molecular weight is 193 g/mol. The Morgan fingerprint density at radius 1 is 1.43 bits per heavy atom. The normalized spacial score (nSPS) is 31.2. The van der Waals surface area contributed by atoms with Gasteiger partial charge in [0.2, 0.25) is 0 Å². The smallest absolute Gasteiger partial charge is 0.118 e. The lowest BCUT2D eigenvalue weighted by Gasteiger charge is -2.42. The first-order valence-corrected chi connectivity index (χ1v) is 4.78. The fraction of sp³-hybridized carbons (Fsp3) is 0.455. The number of aromatic hydroxyl groups is 1. The summed E-state index contributed by atoms with van der Waals surface area (Å²) in [5.41, 5.74) is 7.38. The number of aryl methyl sites for hydroxylation is 1. The number of aliphatic hydroxyl groups excluding tert-OH is 1. The van der Waals surface area contributed by atoms with Gasteiger partial charge in [0.15, 0.2) is 0 Å². The summed E-state index contributed by atoms with van der Waals surface area (Å²) in [5.74, 6) is 0.272. The molecule has 0 radical (unpaired) electrons. The van der Waals surface area contributed by atoms with E-state index in [0.717, 1.165) is 11.1 Å². The van der Waals surface area contributed by atoms with Gasteiger partial charge in [-0.3, -0.25) is 0 Å². The van der Waals surface area contributed by atoms with Gasteiger partial charge >= 0.3 is 0 Å². The van der Waals surface area contributed by atoms with Crippen LogP contribution < -0.4 is 5.73 Å². The van der Waals surface area contributed by atoms with Gasteiger partial charge in [-0.1, -0.05) is 12.1 Å². The molecule has 0 bridgehead atoms. The van der Waals surface area contributed by atoms with Crippen LogP contribution in [0.5, 0.6) is 5.75 Å². The van der Waals surface area contributed by atoms with Crippen molar-refractivity contribution >= 4 is 0 Å². The Balaban J connectivity index is 2.29. The molecule has 4 N–H and O–H groups in total. The Hall–Kier alpha value is -1.06. The highest BCUT2D eigenvalue weighted by molar-refractivity contribution is 5.39. The van der Waals surface area contributed by atoms with Gasteiger partial charge in [-0.2, -0.15) is 0 Å². The summed E-state index contributed by atoms with van der Waals surface area (Å²) < 4.78 is 0. The van der Waals surface area contributed by atoms with Crippen LogP contribution in [0.3, 0.4) is 0 Å². The fourth-order valence-corrected chi connectivity index (χ4v) is 1.94. The number of hydrogen-bond donors (Lipinski definition) is 3. The SMILES string of the molecule is Cc1ccc(C2(N)CC(O)C2)cc1O. The van der Waals surface area contributed by atoms with E-state index in [4.69, 9.17) is 5.73 Å². The van der Waals surface area contributed by atoms with E-state index in [9.17, 15) is 10.2 Å². The summed E-state index contributed by atoms with van der Waals surface area (Å²) in [6.45, 7) is 1.85. The minimum Gasteiger partial charge on any atom is -0.508 e. The van der Waals surface area contributed by atoms with Gasteiger partial charge < -0.3 is 15.9 Å². The van der Waals surface area contributed by atoms with E-state index in [0.29, 0.717) is 12.8 Å². The lowest BCUT2D eigenvalue weighted by atomic mass is 9.70. The van der Waals surface area contributed by atoms with Crippen LogP contribution in [0.4, 0.5) is 0 Å². The molecule has 1 fully saturated rings. The highest BCUT2D eigenvalue weighted by atomic mass is 16.3. The predicted molar refractivity (Wildman–Crippen MR) is 54.0 cm³/mol. The van der Waals surface area contributed by atoms with E-state index in [1.807, 2.05) is 19.1 Å². The number of benzene rings is 1. The molecule has 3 heteroatoms. The van der Waals surface area contributed by atoms with E-state index in [1.54, 1.807) is 6.07 Å². The zero-order chi connectivity index (χ0) is 10.3. The highest BCUT2D eigenvalue weighted by Gasteiger charge is 2.41. The number of phenolic OH excluding ortho intramolecular Hbond substituents is 1. The third-order valence-electron chi connectivity index (χ3n) is 2.98. The predicted octanol–water partition coefficient (Wildman–Crippen LogP) is 1.01. The van der Waals surface area contributed by atoms with E-state index in [2.05, 4.69) is 0 Å². The minimum atomic E-state index is -0.440. The summed E-state index contributed by atoms with van der Waals surface area (Å²) in [6, 6.07) is 5.46. The van der Waals surface area contributed by atoms with Crippen molar-refractivity contribution in [2.45, 2.75) is 31.4 Å². The van der Waals surface area contributed by atoms with E-state index < -0.39 is 5.54 Å². The Morgan fingerprint density at radius 2 is 2.07 bits per heavy atom. The van der Waals surface area contributed by atoms with E-state index >= 15 is 0 Å². The zero-order valence-corrected chi connectivity index (χ0v) is 8.20. The molecule has 14 heavy (non-hydrogen) atoms. The maximum absolute atomic E-state index is 9.53. The van der Waals surface area contributed by atoms with Crippen LogP contribution in [0.25, 0.3) is 0 Å². The van der Waals surface area contributed by atoms with Gasteiger partial charge in [0.05, 0.1) is 6.10 Å². The van der Waals surface area contributed by atoms with Crippen LogP contribution in [0, 0.1) is 6.92 Å². The fourth-order valence-electron chi connectivity index (χ4n) is 1.94. The molecule has 0 aliphatic heterocycles. The van der Waals surface area contributed by atoms with Crippen molar-refractivity contribution < 1.29 is 10.2 Å².